The molecular weight excluding hydrogens is 374 g/mol. The quantitative estimate of drug-likeness (QED) is 0.695. The standard InChI is InChI=1S/C21H21N3O3S/c1-26-19-11-15(14-6-9-27-10-7-14)4-5-17(19)23-20(25)18-13-28-21(24-18)16-3-2-8-22-12-16/h2-5,8,11-14H,6-7,9-10H2,1H3,(H,23,25). The van der Waals surface area contributed by atoms with Crippen molar-refractivity contribution in [1.82, 2.24) is 9.97 Å². The first-order valence-corrected chi connectivity index (χ1v) is 10.1. The molecule has 0 spiro atoms. The summed E-state index contributed by atoms with van der Waals surface area (Å²) in [5.74, 6) is 0.858. The van der Waals surface area contributed by atoms with Gasteiger partial charge in [0.2, 0.25) is 0 Å². The molecule has 3 aromatic rings. The van der Waals surface area contributed by atoms with Gasteiger partial charge in [-0.15, -0.1) is 11.3 Å². The van der Waals surface area contributed by atoms with Crippen molar-refractivity contribution in [3.8, 4) is 16.3 Å². The molecule has 0 unspecified atom stereocenters. The van der Waals surface area contributed by atoms with Crippen molar-refractivity contribution >= 4 is 22.9 Å². The van der Waals surface area contributed by atoms with Gasteiger partial charge >= 0.3 is 0 Å². The van der Waals surface area contributed by atoms with E-state index in [4.69, 9.17) is 9.47 Å². The molecule has 0 bridgehead atoms. The molecule has 2 aromatic heterocycles. The molecule has 0 aliphatic carbocycles. The lowest BCUT2D eigenvalue weighted by atomic mass is 9.91. The number of aromatic nitrogens is 2. The van der Waals surface area contributed by atoms with Gasteiger partial charge in [0.25, 0.3) is 5.91 Å². The second-order valence-electron chi connectivity index (χ2n) is 6.58. The van der Waals surface area contributed by atoms with Crippen LogP contribution in [0.1, 0.15) is 34.8 Å². The highest BCUT2D eigenvalue weighted by Crippen LogP contribution is 2.33. The number of methoxy groups -OCH3 is 1. The van der Waals surface area contributed by atoms with Gasteiger partial charge in [0, 0.05) is 36.6 Å². The Balaban J connectivity index is 1.50. The molecule has 0 radical (unpaired) electrons. The van der Waals surface area contributed by atoms with Crippen molar-refractivity contribution in [3.05, 3.63) is 59.4 Å². The zero-order valence-corrected chi connectivity index (χ0v) is 16.4. The van der Waals surface area contributed by atoms with Gasteiger partial charge in [-0.3, -0.25) is 9.78 Å². The fourth-order valence-corrected chi connectivity index (χ4v) is 4.07. The lowest BCUT2D eigenvalue weighted by molar-refractivity contribution is 0.0853. The molecule has 6 nitrogen and oxygen atoms in total. The van der Waals surface area contributed by atoms with Crippen molar-refractivity contribution in [2.75, 3.05) is 25.6 Å². The minimum atomic E-state index is -0.261. The number of hydrogen-bond donors (Lipinski definition) is 1. The first-order chi connectivity index (χ1) is 13.7. The van der Waals surface area contributed by atoms with Crippen molar-refractivity contribution in [3.63, 3.8) is 0 Å². The predicted molar refractivity (Wildman–Crippen MR) is 109 cm³/mol. The normalized spacial score (nSPS) is 14.6. The highest BCUT2D eigenvalue weighted by molar-refractivity contribution is 7.13. The number of amides is 1. The Labute approximate surface area is 167 Å². The number of nitrogens with one attached hydrogen (secondary N) is 1. The van der Waals surface area contributed by atoms with Crippen LogP contribution in [0.4, 0.5) is 5.69 Å². The molecule has 3 heterocycles. The van der Waals surface area contributed by atoms with Crippen LogP contribution < -0.4 is 10.1 Å². The number of carbonyl (C=O) groups excluding carboxylic acids is 1. The monoisotopic (exact) mass is 395 g/mol. The van der Waals surface area contributed by atoms with Crippen LogP contribution in [-0.4, -0.2) is 36.2 Å². The maximum atomic E-state index is 12.7. The Morgan fingerprint density at radius 2 is 2.14 bits per heavy atom. The number of thiazole rings is 1. The van der Waals surface area contributed by atoms with E-state index in [-0.39, 0.29) is 5.91 Å². The molecule has 1 amide bonds. The zero-order chi connectivity index (χ0) is 19.3. The highest BCUT2D eigenvalue weighted by atomic mass is 32.1. The average molecular weight is 395 g/mol. The van der Waals surface area contributed by atoms with Crippen LogP contribution in [0.5, 0.6) is 5.75 Å². The van der Waals surface area contributed by atoms with Crippen molar-refractivity contribution < 1.29 is 14.3 Å². The van der Waals surface area contributed by atoms with Gasteiger partial charge in [-0.25, -0.2) is 4.98 Å². The van der Waals surface area contributed by atoms with Gasteiger partial charge in [-0.1, -0.05) is 6.07 Å². The molecule has 28 heavy (non-hydrogen) atoms. The van der Waals surface area contributed by atoms with Gasteiger partial charge in [-0.05, 0) is 48.6 Å². The molecule has 1 aromatic carbocycles. The smallest absolute Gasteiger partial charge is 0.275 e. The average Bonchev–Trinajstić information content (AvgIpc) is 3.26. The van der Waals surface area contributed by atoms with Crippen LogP contribution in [0.2, 0.25) is 0 Å². The summed E-state index contributed by atoms with van der Waals surface area (Å²) in [5, 5.41) is 5.43. The summed E-state index contributed by atoms with van der Waals surface area (Å²) in [5.41, 5.74) is 3.12. The minimum absolute atomic E-state index is 0.261. The Bertz CT molecular complexity index is 953. The maximum Gasteiger partial charge on any atom is 0.275 e. The number of anilines is 1. The van der Waals surface area contributed by atoms with E-state index in [1.54, 1.807) is 24.9 Å². The number of hydrogen-bond acceptors (Lipinski definition) is 6. The van der Waals surface area contributed by atoms with E-state index < -0.39 is 0 Å². The molecule has 4 rings (SSSR count). The third-order valence-corrected chi connectivity index (χ3v) is 5.70. The SMILES string of the molecule is COc1cc(C2CCOCC2)ccc1NC(=O)c1csc(-c2cccnc2)n1. The van der Waals surface area contributed by atoms with E-state index >= 15 is 0 Å². The second-order valence-corrected chi connectivity index (χ2v) is 7.44. The fourth-order valence-electron chi connectivity index (χ4n) is 3.28. The first-order valence-electron chi connectivity index (χ1n) is 9.17. The van der Waals surface area contributed by atoms with Crippen LogP contribution in [0.15, 0.2) is 48.1 Å². The van der Waals surface area contributed by atoms with Crippen LogP contribution >= 0.6 is 11.3 Å². The summed E-state index contributed by atoms with van der Waals surface area (Å²) >= 11 is 1.42. The van der Waals surface area contributed by atoms with Crippen LogP contribution in [0.25, 0.3) is 10.6 Å². The van der Waals surface area contributed by atoms with Crippen molar-refractivity contribution in [2.45, 2.75) is 18.8 Å². The Morgan fingerprint density at radius 1 is 1.29 bits per heavy atom. The summed E-state index contributed by atoms with van der Waals surface area (Å²) < 4.78 is 11.0. The first kappa shape index (κ1) is 18.6. The zero-order valence-electron chi connectivity index (χ0n) is 15.6. The Hall–Kier alpha value is -2.77. The van der Waals surface area contributed by atoms with E-state index in [0.29, 0.717) is 23.0 Å². The summed E-state index contributed by atoms with van der Waals surface area (Å²) in [6, 6.07) is 9.73. The molecule has 7 heteroatoms. The van der Waals surface area contributed by atoms with Gasteiger partial charge in [0.15, 0.2) is 0 Å². The lowest BCUT2D eigenvalue weighted by Crippen LogP contribution is -2.15. The third-order valence-electron chi connectivity index (χ3n) is 4.81. The number of benzene rings is 1. The van der Waals surface area contributed by atoms with E-state index in [0.717, 1.165) is 36.6 Å². The molecular formula is C21H21N3O3S. The number of nitrogens with zero attached hydrogens (tertiary/aromatic N) is 2. The van der Waals surface area contributed by atoms with Crippen molar-refractivity contribution in [1.29, 1.82) is 0 Å². The van der Waals surface area contributed by atoms with E-state index in [2.05, 4.69) is 21.4 Å². The molecule has 0 saturated carbocycles. The van der Waals surface area contributed by atoms with Gasteiger partial charge in [0.1, 0.15) is 16.5 Å². The lowest BCUT2D eigenvalue weighted by Gasteiger charge is -2.23. The summed E-state index contributed by atoms with van der Waals surface area (Å²) in [6.45, 7) is 1.57. The molecule has 144 valence electrons. The third kappa shape index (κ3) is 4.05. The second kappa shape index (κ2) is 8.50. The Morgan fingerprint density at radius 3 is 2.89 bits per heavy atom. The number of rotatable bonds is 5. The fraction of sp³-hybridized carbons (Fsp3) is 0.286. The summed E-state index contributed by atoms with van der Waals surface area (Å²) in [7, 11) is 1.61. The molecule has 1 fully saturated rings. The predicted octanol–water partition coefficient (Wildman–Crippen LogP) is 4.36. The number of ether oxygens (including phenoxy) is 2. The minimum Gasteiger partial charge on any atom is -0.495 e. The number of carbonyl (C=O) groups is 1. The molecule has 1 aliphatic rings. The molecule has 1 saturated heterocycles. The van der Waals surface area contributed by atoms with Gasteiger partial charge in [-0.2, -0.15) is 0 Å². The van der Waals surface area contributed by atoms with Gasteiger partial charge < -0.3 is 14.8 Å². The summed E-state index contributed by atoms with van der Waals surface area (Å²) in [6.07, 6.45) is 5.45. The van der Waals surface area contributed by atoms with Crippen LogP contribution in [0.3, 0.4) is 0 Å². The molecule has 1 N–H and O–H groups in total. The molecule has 1 aliphatic heterocycles. The maximum absolute atomic E-state index is 12.7. The summed E-state index contributed by atoms with van der Waals surface area (Å²) in [4.78, 5) is 21.2. The van der Waals surface area contributed by atoms with E-state index in [1.807, 2.05) is 24.3 Å². The van der Waals surface area contributed by atoms with E-state index in [9.17, 15) is 4.79 Å². The molecule has 0 atom stereocenters. The van der Waals surface area contributed by atoms with E-state index in [1.165, 1.54) is 16.9 Å². The van der Waals surface area contributed by atoms with Crippen LogP contribution in [0, 0.1) is 0 Å². The number of pyridine rings is 1. The van der Waals surface area contributed by atoms with Gasteiger partial charge in [0.05, 0.1) is 12.8 Å². The Kier molecular flexibility index (Phi) is 5.64. The van der Waals surface area contributed by atoms with Crippen LogP contribution in [-0.2, 0) is 4.74 Å². The van der Waals surface area contributed by atoms with Crippen molar-refractivity contribution in [2.24, 2.45) is 0 Å². The largest absolute Gasteiger partial charge is 0.495 e. The highest BCUT2D eigenvalue weighted by Gasteiger charge is 2.19. The topological polar surface area (TPSA) is 73.3 Å².